The van der Waals surface area contributed by atoms with Crippen molar-refractivity contribution >= 4 is 20.0 Å². The van der Waals surface area contributed by atoms with Gasteiger partial charge in [0.25, 0.3) is 10.0 Å². The van der Waals surface area contributed by atoms with E-state index in [1.807, 2.05) is 6.92 Å². The summed E-state index contributed by atoms with van der Waals surface area (Å²) in [4.78, 5) is 0.0341. The Kier molecular flexibility index (Phi) is 5.28. The third kappa shape index (κ3) is 4.01. The smallest absolute Gasteiger partial charge is 0.248 e. The SMILES string of the molecule is CCC[C@H](C)NS(=O)(=O)c1ccn(S(=O)(=O)c2ccccc2)c1. The van der Waals surface area contributed by atoms with Crippen molar-refractivity contribution in [1.82, 2.24) is 8.69 Å². The van der Waals surface area contributed by atoms with Crippen molar-refractivity contribution in [3.8, 4) is 0 Å². The van der Waals surface area contributed by atoms with Gasteiger partial charge < -0.3 is 0 Å². The van der Waals surface area contributed by atoms with Gasteiger partial charge in [0, 0.05) is 18.4 Å². The average molecular weight is 356 g/mol. The third-order valence-electron chi connectivity index (χ3n) is 3.35. The van der Waals surface area contributed by atoms with Crippen LogP contribution in [0.2, 0.25) is 0 Å². The van der Waals surface area contributed by atoms with Gasteiger partial charge in [-0.3, -0.25) is 0 Å². The Hall–Kier alpha value is -1.64. The maximum atomic E-state index is 12.4. The van der Waals surface area contributed by atoms with E-state index in [1.54, 1.807) is 25.1 Å². The molecule has 126 valence electrons. The molecule has 6 nitrogen and oxygen atoms in total. The van der Waals surface area contributed by atoms with E-state index in [4.69, 9.17) is 0 Å². The quantitative estimate of drug-likeness (QED) is 0.824. The lowest BCUT2D eigenvalue weighted by Crippen LogP contribution is -2.32. The summed E-state index contributed by atoms with van der Waals surface area (Å²) in [6.07, 6.45) is 3.92. The first-order chi connectivity index (χ1) is 10.8. The van der Waals surface area contributed by atoms with E-state index in [2.05, 4.69) is 4.72 Å². The van der Waals surface area contributed by atoms with Crippen LogP contribution < -0.4 is 4.72 Å². The van der Waals surface area contributed by atoms with Crippen molar-refractivity contribution in [2.24, 2.45) is 0 Å². The van der Waals surface area contributed by atoms with Gasteiger partial charge in [-0.2, -0.15) is 0 Å². The summed E-state index contributed by atoms with van der Waals surface area (Å²) >= 11 is 0. The average Bonchev–Trinajstić information content (AvgIpc) is 2.99. The minimum atomic E-state index is -3.79. The summed E-state index contributed by atoms with van der Waals surface area (Å²) in [5.74, 6) is 0. The van der Waals surface area contributed by atoms with Gasteiger partial charge in [0.05, 0.1) is 4.90 Å². The number of hydrogen-bond acceptors (Lipinski definition) is 4. The van der Waals surface area contributed by atoms with E-state index in [0.29, 0.717) is 6.42 Å². The largest absolute Gasteiger partial charge is 0.267 e. The van der Waals surface area contributed by atoms with Crippen LogP contribution in [0.3, 0.4) is 0 Å². The molecular formula is C15H20N2O4S2. The molecule has 0 bridgehead atoms. The minimum Gasteiger partial charge on any atom is -0.248 e. The van der Waals surface area contributed by atoms with Crippen molar-refractivity contribution in [1.29, 1.82) is 0 Å². The molecule has 2 rings (SSSR count). The molecule has 2 aromatic rings. The Morgan fingerprint density at radius 3 is 2.30 bits per heavy atom. The zero-order valence-corrected chi connectivity index (χ0v) is 14.6. The first-order valence-electron chi connectivity index (χ1n) is 7.28. The van der Waals surface area contributed by atoms with Crippen molar-refractivity contribution in [3.05, 3.63) is 48.8 Å². The van der Waals surface area contributed by atoms with Gasteiger partial charge in [0.2, 0.25) is 10.0 Å². The molecule has 0 saturated heterocycles. The molecule has 8 heteroatoms. The van der Waals surface area contributed by atoms with E-state index < -0.39 is 20.0 Å². The highest BCUT2D eigenvalue weighted by molar-refractivity contribution is 7.90. The molecule has 0 aliphatic rings. The molecule has 0 aliphatic carbocycles. The van der Waals surface area contributed by atoms with Crippen LogP contribution in [0.15, 0.2) is 58.6 Å². The molecular weight excluding hydrogens is 336 g/mol. The number of aromatic nitrogens is 1. The van der Waals surface area contributed by atoms with Gasteiger partial charge in [0.1, 0.15) is 4.90 Å². The predicted molar refractivity (Wildman–Crippen MR) is 88.1 cm³/mol. The molecule has 0 saturated carbocycles. The fourth-order valence-corrected chi connectivity index (χ4v) is 4.77. The van der Waals surface area contributed by atoms with Crippen molar-refractivity contribution in [3.63, 3.8) is 0 Å². The standard InChI is InChI=1S/C15H20N2O4S2/c1-3-7-13(2)16-22(18,19)15-10-11-17(12-15)23(20,21)14-8-5-4-6-9-14/h4-6,8-13,16H,3,7H2,1-2H3/t13-/m0/s1. The monoisotopic (exact) mass is 356 g/mol. The number of nitrogens with one attached hydrogen (secondary N) is 1. The molecule has 1 heterocycles. The molecule has 1 atom stereocenters. The van der Waals surface area contributed by atoms with Crippen LogP contribution >= 0.6 is 0 Å². The zero-order chi connectivity index (χ0) is 17.1. The minimum absolute atomic E-state index is 0.0695. The molecule has 0 aliphatic heterocycles. The topological polar surface area (TPSA) is 85.2 Å². The Labute approximate surface area is 137 Å². The van der Waals surface area contributed by atoms with Crippen molar-refractivity contribution in [2.45, 2.75) is 42.5 Å². The van der Waals surface area contributed by atoms with Crippen LogP contribution in [-0.4, -0.2) is 26.8 Å². The van der Waals surface area contributed by atoms with Crippen LogP contribution in [0.5, 0.6) is 0 Å². The first kappa shape index (κ1) is 17.7. The van der Waals surface area contributed by atoms with E-state index in [0.717, 1.165) is 16.6 Å². The molecule has 1 aromatic heterocycles. The third-order valence-corrected chi connectivity index (χ3v) is 6.57. The summed E-state index contributed by atoms with van der Waals surface area (Å²) in [5, 5.41) is 0. The number of nitrogens with zero attached hydrogens (tertiary/aromatic N) is 1. The zero-order valence-electron chi connectivity index (χ0n) is 13.0. The van der Waals surface area contributed by atoms with E-state index in [-0.39, 0.29) is 15.8 Å². The Balaban J connectivity index is 2.31. The lowest BCUT2D eigenvalue weighted by Gasteiger charge is -2.12. The van der Waals surface area contributed by atoms with Crippen molar-refractivity contribution in [2.75, 3.05) is 0 Å². The van der Waals surface area contributed by atoms with Gasteiger partial charge in [-0.1, -0.05) is 31.5 Å². The number of benzene rings is 1. The molecule has 0 fully saturated rings. The summed E-state index contributed by atoms with van der Waals surface area (Å²) in [7, 11) is -7.53. The Morgan fingerprint density at radius 1 is 1.04 bits per heavy atom. The van der Waals surface area contributed by atoms with Crippen LogP contribution in [0.4, 0.5) is 0 Å². The predicted octanol–water partition coefficient (Wildman–Crippen LogP) is 2.19. The lowest BCUT2D eigenvalue weighted by atomic mass is 10.2. The first-order valence-corrected chi connectivity index (χ1v) is 10.2. The molecule has 0 unspecified atom stereocenters. The second-order valence-corrected chi connectivity index (χ2v) is 8.86. The molecule has 1 N–H and O–H groups in total. The van der Waals surface area contributed by atoms with E-state index >= 15 is 0 Å². The van der Waals surface area contributed by atoms with Gasteiger partial charge in [-0.15, -0.1) is 0 Å². The highest BCUT2D eigenvalue weighted by Gasteiger charge is 2.22. The molecule has 23 heavy (non-hydrogen) atoms. The summed E-state index contributed by atoms with van der Waals surface area (Å²) < 4.78 is 52.9. The van der Waals surface area contributed by atoms with E-state index in [1.165, 1.54) is 24.4 Å². The van der Waals surface area contributed by atoms with Crippen LogP contribution in [0, 0.1) is 0 Å². The van der Waals surface area contributed by atoms with Gasteiger partial charge >= 0.3 is 0 Å². The highest BCUT2D eigenvalue weighted by Crippen LogP contribution is 2.17. The van der Waals surface area contributed by atoms with E-state index in [9.17, 15) is 16.8 Å². The van der Waals surface area contributed by atoms with Gasteiger partial charge in [0.15, 0.2) is 0 Å². The van der Waals surface area contributed by atoms with Crippen LogP contribution in [0.1, 0.15) is 26.7 Å². The molecule has 0 spiro atoms. The number of rotatable bonds is 7. The second-order valence-electron chi connectivity index (χ2n) is 5.31. The summed E-state index contributed by atoms with van der Waals surface area (Å²) in [6, 6.07) is 8.93. The lowest BCUT2D eigenvalue weighted by molar-refractivity contribution is 0.544. The number of hydrogen-bond donors (Lipinski definition) is 1. The molecule has 0 amide bonds. The second kappa shape index (κ2) is 6.86. The van der Waals surface area contributed by atoms with Gasteiger partial charge in [-0.05, 0) is 31.5 Å². The fourth-order valence-electron chi connectivity index (χ4n) is 2.21. The van der Waals surface area contributed by atoms with Crippen molar-refractivity contribution < 1.29 is 16.8 Å². The number of sulfonamides is 1. The normalized spacial score (nSPS) is 13.8. The summed E-state index contributed by atoms with van der Waals surface area (Å²) in [6.45, 7) is 3.74. The van der Waals surface area contributed by atoms with Crippen LogP contribution in [-0.2, 0) is 20.0 Å². The van der Waals surface area contributed by atoms with Gasteiger partial charge in [-0.25, -0.2) is 25.5 Å². The molecule has 1 aromatic carbocycles. The maximum absolute atomic E-state index is 12.4. The summed E-state index contributed by atoms with van der Waals surface area (Å²) in [5.41, 5.74) is 0. The Bertz CT molecular complexity index is 856. The molecule has 0 radical (unpaired) electrons. The fraction of sp³-hybridized carbons (Fsp3) is 0.333. The highest BCUT2D eigenvalue weighted by atomic mass is 32.2. The van der Waals surface area contributed by atoms with Crippen LogP contribution in [0.25, 0.3) is 0 Å². The maximum Gasteiger partial charge on any atom is 0.267 e. The Morgan fingerprint density at radius 2 is 1.70 bits per heavy atom.